The molecule has 0 unspecified atom stereocenters. The molecule has 0 N–H and O–H groups in total. The average Bonchev–Trinajstić information content (AvgIpc) is 2.48. The maximum absolute atomic E-state index is 11.5. The number of carbonyl (C=O) groups is 1. The third-order valence-corrected chi connectivity index (χ3v) is 3.16. The van der Waals surface area contributed by atoms with Crippen LogP contribution < -0.4 is 4.90 Å². The lowest BCUT2D eigenvalue weighted by Crippen LogP contribution is -2.46. The molecule has 0 atom stereocenters. The Labute approximate surface area is 112 Å². The Morgan fingerprint density at radius 3 is 2.84 bits per heavy atom. The number of esters is 1. The molecule has 0 aliphatic carbocycles. The molecule has 6 heteroatoms. The van der Waals surface area contributed by atoms with Crippen LogP contribution in [0.2, 0.25) is 0 Å². The highest BCUT2D eigenvalue weighted by Gasteiger charge is 2.18. The zero-order chi connectivity index (χ0) is 13.7. The van der Waals surface area contributed by atoms with Crippen LogP contribution in [-0.2, 0) is 4.74 Å². The number of piperazine rings is 1. The number of methoxy groups -OCH3 is 1. The molecular formula is C13H16N4O2. The van der Waals surface area contributed by atoms with Gasteiger partial charge in [-0.1, -0.05) is 0 Å². The number of rotatable bonds is 3. The van der Waals surface area contributed by atoms with Gasteiger partial charge in [0.2, 0.25) is 0 Å². The van der Waals surface area contributed by atoms with Gasteiger partial charge in [-0.2, -0.15) is 5.26 Å². The Morgan fingerprint density at radius 2 is 2.21 bits per heavy atom. The predicted octanol–water partition coefficient (Wildman–Crippen LogP) is 0.514. The SMILES string of the molecule is COC(=O)c1ccnc(N2CCN(CC#N)CC2)c1. The van der Waals surface area contributed by atoms with Crippen molar-refractivity contribution in [2.24, 2.45) is 0 Å². The van der Waals surface area contributed by atoms with E-state index in [0.717, 1.165) is 32.0 Å². The van der Waals surface area contributed by atoms with E-state index in [4.69, 9.17) is 10.00 Å². The van der Waals surface area contributed by atoms with E-state index in [-0.39, 0.29) is 5.97 Å². The fourth-order valence-electron chi connectivity index (χ4n) is 2.07. The molecule has 2 rings (SSSR count). The molecule has 1 fully saturated rings. The van der Waals surface area contributed by atoms with Crippen LogP contribution in [0.1, 0.15) is 10.4 Å². The zero-order valence-electron chi connectivity index (χ0n) is 10.9. The molecule has 0 saturated carbocycles. The second kappa shape index (κ2) is 6.16. The first-order valence-corrected chi connectivity index (χ1v) is 6.13. The summed E-state index contributed by atoms with van der Waals surface area (Å²) in [5.74, 6) is 0.422. The number of pyridine rings is 1. The van der Waals surface area contributed by atoms with Gasteiger partial charge in [0.05, 0.1) is 25.3 Å². The molecule has 0 amide bonds. The van der Waals surface area contributed by atoms with Crippen molar-refractivity contribution in [1.82, 2.24) is 9.88 Å². The molecule has 0 radical (unpaired) electrons. The predicted molar refractivity (Wildman–Crippen MR) is 69.8 cm³/mol. The topological polar surface area (TPSA) is 69.5 Å². The van der Waals surface area contributed by atoms with Gasteiger partial charge < -0.3 is 9.64 Å². The second-order valence-corrected chi connectivity index (χ2v) is 4.32. The third-order valence-electron chi connectivity index (χ3n) is 3.16. The van der Waals surface area contributed by atoms with Crippen molar-refractivity contribution in [1.29, 1.82) is 5.26 Å². The van der Waals surface area contributed by atoms with E-state index >= 15 is 0 Å². The third kappa shape index (κ3) is 3.20. The highest BCUT2D eigenvalue weighted by molar-refractivity contribution is 5.90. The van der Waals surface area contributed by atoms with Crippen molar-refractivity contribution >= 4 is 11.8 Å². The molecule has 1 aromatic heterocycles. The van der Waals surface area contributed by atoms with E-state index < -0.39 is 0 Å². The summed E-state index contributed by atoms with van der Waals surface area (Å²) >= 11 is 0. The van der Waals surface area contributed by atoms with Crippen molar-refractivity contribution in [2.75, 3.05) is 44.7 Å². The normalized spacial score (nSPS) is 15.9. The molecule has 1 aromatic rings. The van der Waals surface area contributed by atoms with Crippen LogP contribution in [0.25, 0.3) is 0 Å². The van der Waals surface area contributed by atoms with E-state index in [2.05, 4.69) is 20.9 Å². The van der Waals surface area contributed by atoms with Crippen LogP contribution in [0.15, 0.2) is 18.3 Å². The van der Waals surface area contributed by atoms with Crippen molar-refractivity contribution < 1.29 is 9.53 Å². The summed E-state index contributed by atoms with van der Waals surface area (Å²) in [4.78, 5) is 20.0. The van der Waals surface area contributed by atoms with Gasteiger partial charge >= 0.3 is 5.97 Å². The maximum atomic E-state index is 11.5. The zero-order valence-corrected chi connectivity index (χ0v) is 10.9. The first kappa shape index (κ1) is 13.3. The minimum atomic E-state index is -0.355. The summed E-state index contributed by atoms with van der Waals surface area (Å²) in [6.07, 6.45) is 1.61. The van der Waals surface area contributed by atoms with E-state index in [1.165, 1.54) is 7.11 Å². The molecule has 1 saturated heterocycles. The maximum Gasteiger partial charge on any atom is 0.338 e. The summed E-state index contributed by atoms with van der Waals surface area (Å²) in [7, 11) is 1.36. The first-order chi connectivity index (χ1) is 9.24. The van der Waals surface area contributed by atoms with Crippen LogP contribution in [-0.4, -0.2) is 55.7 Å². The van der Waals surface area contributed by atoms with E-state index in [1.807, 2.05) is 0 Å². The molecule has 100 valence electrons. The second-order valence-electron chi connectivity index (χ2n) is 4.32. The molecule has 1 aliphatic rings. The molecule has 0 spiro atoms. The Kier molecular flexibility index (Phi) is 4.31. The van der Waals surface area contributed by atoms with Gasteiger partial charge in [-0.15, -0.1) is 0 Å². The number of ether oxygens (including phenoxy) is 1. The van der Waals surface area contributed by atoms with Crippen molar-refractivity contribution in [3.05, 3.63) is 23.9 Å². The van der Waals surface area contributed by atoms with Gasteiger partial charge in [0, 0.05) is 32.4 Å². The summed E-state index contributed by atoms with van der Waals surface area (Å²) in [5.41, 5.74) is 0.506. The molecule has 1 aliphatic heterocycles. The molecule has 0 aromatic carbocycles. The Bertz CT molecular complexity index is 490. The quantitative estimate of drug-likeness (QED) is 0.582. The molecule has 0 bridgehead atoms. The Morgan fingerprint density at radius 1 is 1.47 bits per heavy atom. The summed E-state index contributed by atoms with van der Waals surface area (Å²) in [5, 5.41) is 8.66. The number of anilines is 1. The Balaban J connectivity index is 2.03. The van der Waals surface area contributed by atoms with Gasteiger partial charge in [0.1, 0.15) is 5.82 Å². The van der Waals surface area contributed by atoms with Crippen molar-refractivity contribution in [3.8, 4) is 6.07 Å². The summed E-state index contributed by atoms with van der Waals surface area (Å²) < 4.78 is 4.70. The van der Waals surface area contributed by atoms with Gasteiger partial charge in [0.15, 0.2) is 0 Å². The van der Waals surface area contributed by atoms with Crippen LogP contribution >= 0.6 is 0 Å². The first-order valence-electron chi connectivity index (χ1n) is 6.13. The average molecular weight is 260 g/mol. The van der Waals surface area contributed by atoms with Gasteiger partial charge in [-0.3, -0.25) is 4.90 Å². The van der Waals surface area contributed by atoms with Crippen molar-refractivity contribution in [3.63, 3.8) is 0 Å². The standard InChI is InChI=1S/C13H16N4O2/c1-19-13(18)11-2-4-15-12(10-11)17-8-6-16(5-3-14)7-9-17/h2,4,10H,5-9H2,1H3. The highest BCUT2D eigenvalue weighted by Crippen LogP contribution is 2.15. The Hall–Kier alpha value is -2.13. The van der Waals surface area contributed by atoms with E-state index in [1.54, 1.807) is 18.3 Å². The fraction of sp³-hybridized carbons (Fsp3) is 0.462. The number of nitrogens with zero attached hydrogens (tertiary/aromatic N) is 4. The van der Waals surface area contributed by atoms with Gasteiger partial charge in [0.25, 0.3) is 0 Å². The van der Waals surface area contributed by atoms with Crippen LogP contribution in [0.5, 0.6) is 0 Å². The van der Waals surface area contributed by atoms with Crippen LogP contribution in [0.3, 0.4) is 0 Å². The molecule has 2 heterocycles. The highest BCUT2D eigenvalue weighted by atomic mass is 16.5. The smallest absolute Gasteiger partial charge is 0.338 e. The number of hydrogen-bond donors (Lipinski definition) is 0. The summed E-state index contributed by atoms with van der Waals surface area (Å²) in [6, 6.07) is 5.54. The minimum absolute atomic E-state index is 0.355. The largest absolute Gasteiger partial charge is 0.465 e. The molecule has 19 heavy (non-hydrogen) atoms. The van der Waals surface area contributed by atoms with E-state index in [9.17, 15) is 4.79 Å². The number of carbonyl (C=O) groups excluding carboxylic acids is 1. The van der Waals surface area contributed by atoms with E-state index in [0.29, 0.717) is 12.1 Å². The molecule has 6 nitrogen and oxygen atoms in total. The van der Waals surface area contributed by atoms with Crippen LogP contribution in [0.4, 0.5) is 5.82 Å². The van der Waals surface area contributed by atoms with Gasteiger partial charge in [-0.25, -0.2) is 9.78 Å². The number of aromatic nitrogens is 1. The fourth-order valence-corrected chi connectivity index (χ4v) is 2.07. The van der Waals surface area contributed by atoms with Crippen molar-refractivity contribution in [2.45, 2.75) is 0 Å². The van der Waals surface area contributed by atoms with Crippen LogP contribution in [0, 0.1) is 11.3 Å². The van der Waals surface area contributed by atoms with Gasteiger partial charge in [-0.05, 0) is 12.1 Å². The monoisotopic (exact) mass is 260 g/mol. The molecular weight excluding hydrogens is 244 g/mol. The number of nitriles is 1. The lowest BCUT2D eigenvalue weighted by Gasteiger charge is -2.34. The number of hydrogen-bond acceptors (Lipinski definition) is 6. The summed E-state index contributed by atoms with van der Waals surface area (Å²) in [6.45, 7) is 3.73. The lowest BCUT2D eigenvalue weighted by atomic mass is 10.2. The lowest BCUT2D eigenvalue weighted by molar-refractivity contribution is 0.0600. The minimum Gasteiger partial charge on any atom is -0.465 e.